The number of nitrogens with one attached hydrogen (secondary N) is 2. The number of benzene rings is 1. The summed E-state index contributed by atoms with van der Waals surface area (Å²) in [7, 11) is 0. The molecule has 5 heteroatoms. The summed E-state index contributed by atoms with van der Waals surface area (Å²) in [5, 5.41) is 16.4. The quantitative estimate of drug-likeness (QED) is 0.614. The van der Waals surface area contributed by atoms with E-state index < -0.39 is 0 Å². The molecule has 0 amide bonds. The lowest BCUT2D eigenvalue weighted by molar-refractivity contribution is 0.248. The molecule has 0 spiro atoms. The number of rotatable bonds is 8. The van der Waals surface area contributed by atoms with Crippen LogP contribution < -0.4 is 10.6 Å². The van der Waals surface area contributed by atoms with E-state index in [4.69, 9.17) is 0 Å². The molecule has 0 saturated heterocycles. The zero-order valence-electron chi connectivity index (χ0n) is 17.1. The number of aliphatic hydroxyl groups excluding tert-OH is 1. The Morgan fingerprint density at radius 1 is 1.11 bits per heavy atom. The molecule has 1 saturated carbocycles. The average molecular weight is 369 g/mol. The molecule has 0 aliphatic heterocycles. The van der Waals surface area contributed by atoms with Crippen molar-refractivity contribution < 1.29 is 5.11 Å². The highest BCUT2D eigenvalue weighted by Crippen LogP contribution is 2.40. The summed E-state index contributed by atoms with van der Waals surface area (Å²) in [6.45, 7) is 10.8. The van der Waals surface area contributed by atoms with Crippen molar-refractivity contribution in [1.29, 1.82) is 0 Å². The number of hydrogen-bond acceptors (Lipinski definition) is 5. The van der Waals surface area contributed by atoms with Gasteiger partial charge in [0.2, 0.25) is 5.95 Å². The second-order valence-corrected chi connectivity index (χ2v) is 8.30. The van der Waals surface area contributed by atoms with E-state index in [1.165, 1.54) is 24.0 Å². The highest BCUT2D eigenvalue weighted by molar-refractivity contribution is 5.60. The maximum atomic E-state index is 9.62. The highest BCUT2D eigenvalue weighted by Gasteiger charge is 2.26. The second-order valence-electron chi connectivity index (χ2n) is 8.30. The van der Waals surface area contributed by atoms with E-state index >= 15 is 0 Å². The van der Waals surface area contributed by atoms with Crippen LogP contribution in [0.5, 0.6) is 0 Å². The Bertz CT molecular complexity index is 784. The van der Waals surface area contributed by atoms with Crippen LogP contribution in [0.15, 0.2) is 24.3 Å². The summed E-state index contributed by atoms with van der Waals surface area (Å²) in [6.07, 6.45) is 2.37. The lowest BCUT2D eigenvalue weighted by atomic mass is 9.98. The molecule has 3 rings (SSSR count). The van der Waals surface area contributed by atoms with Crippen LogP contribution in [0.25, 0.3) is 0 Å². The summed E-state index contributed by atoms with van der Waals surface area (Å²) < 4.78 is 0. The summed E-state index contributed by atoms with van der Waals surface area (Å²) in [4.78, 5) is 9.34. The predicted octanol–water partition coefficient (Wildman–Crippen LogP) is 4.96. The van der Waals surface area contributed by atoms with Gasteiger partial charge in [0.25, 0.3) is 0 Å². The van der Waals surface area contributed by atoms with E-state index in [0.29, 0.717) is 23.7 Å². The maximum absolute atomic E-state index is 9.62. The Balaban J connectivity index is 1.85. The van der Waals surface area contributed by atoms with Gasteiger partial charge in [0.1, 0.15) is 5.82 Å². The minimum atomic E-state index is -0.0557. The average Bonchev–Trinajstić information content (AvgIpc) is 3.44. The molecule has 146 valence electrons. The Labute approximate surface area is 162 Å². The zero-order valence-corrected chi connectivity index (χ0v) is 17.1. The van der Waals surface area contributed by atoms with Crippen LogP contribution in [0.2, 0.25) is 0 Å². The lowest BCUT2D eigenvalue weighted by Crippen LogP contribution is -2.30. The second kappa shape index (κ2) is 8.26. The van der Waals surface area contributed by atoms with Crippen LogP contribution in [0, 0.1) is 12.8 Å². The summed E-state index contributed by atoms with van der Waals surface area (Å²) in [5.41, 5.74) is 4.76. The van der Waals surface area contributed by atoms with E-state index in [1.807, 2.05) is 0 Å². The molecule has 1 atom stereocenters. The fraction of sp³-hybridized carbons (Fsp3) is 0.545. The fourth-order valence-corrected chi connectivity index (χ4v) is 3.32. The van der Waals surface area contributed by atoms with Crippen LogP contribution in [-0.2, 0) is 0 Å². The summed E-state index contributed by atoms with van der Waals surface area (Å²) in [6, 6.07) is 8.47. The minimum absolute atomic E-state index is 0.0557. The molecule has 1 aromatic heterocycles. The molecule has 5 nitrogen and oxygen atoms in total. The molecule has 1 aliphatic rings. The Morgan fingerprint density at radius 2 is 1.85 bits per heavy atom. The summed E-state index contributed by atoms with van der Waals surface area (Å²) >= 11 is 0. The number of aromatic nitrogens is 2. The van der Waals surface area contributed by atoms with Gasteiger partial charge in [-0.05, 0) is 54.9 Å². The monoisotopic (exact) mass is 368 g/mol. The zero-order chi connectivity index (χ0) is 19.6. The normalized spacial score (nSPS) is 15.3. The first kappa shape index (κ1) is 19.6. The molecular formula is C22H32N4O. The molecule has 1 aliphatic carbocycles. The number of anilines is 3. The van der Waals surface area contributed by atoms with Crippen molar-refractivity contribution in [3.63, 3.8) is 0 Å². The molecule has 27 heavy (non-hydrogen) atoms. The van der Waals surface area contributed by atoms with E-state index in [-0.39, 0.29) is 12.6 Å². The third-order valence-electron chi connectivity index (χ3n) is 5.22. The Morgan fingerprint density at radius 3 is 2.41 bits per heavy atom. The Kier molecular flexibility index (Phi) is 6.00. The van der Waals surface area contributed by atoms with Crippen LogP contribution >= 0.6 is 0 Å². The number of nitrogens with zero attached hydrogens (tertiary/aromatic N) is 2. The highest BCUT2D eigenvalue weighted by atomic mass is 16.3. The molecule has 0 radical (unpaired) electrons. The van der Waals surface area contributed by atoms with Gasteiger partial charge in [0.05, 0.1) is 18.3 Å². The minimum Gasteiger partial charge on any atom is -0.394 e. The van der Waals surface area contributed by atoms with E-state index in [1.54, 1.807) is 0 Å². The molecule has 0 unspecified atom stereocenters. The molecule has 3 N–H and O–H groups in total. The topological polar surface area (TPSA) is 70.1 Å². The predicted molar refractivity (Wildman–Crippen MR) is 112 cm³/mol. The smallest absolute Gasteiger partial charge is 0.225 e. The van der Waals surface area contributed by atoms with Crippen molar-refractivity contribution >= 4 is 17.5 Å². The number of aryl methyl sites for hydroxylation is 1. The van der Waals surface area contributed by atoms with Crippen LogP contribution in [0.3, 0.4) is 0 Å². The lowest BCUT2D eigenvalue weighted by Gasteiger charge is -2.21. The summed E-state index contributed by atoms with van der Waals surface area (Å²) in [5.74, 6) is 2.73. The largest absolute Gasteiger partial charge is 0.394 e. The number of aliphatic hydroxyl groups is 1. The van der Waals surface area contributed by atoms with E-state index in [0.717, 1.165) is 17.2 Å². The van der Waals surface area contributed by atoms with Gasteiger partial charge in [-0.1, -0.05) is 33.8 Å². The third-order valence-corrected chi connectivity index (χ3v) is 5.22. The van der Waals surface area contributed by atoms with Crippen LogP contribution in [-0.4, -0.2) is 27.7 Å². The molecule has 2 aromatic rings. The van der Waals surface area contributed by atoms with Crippen molar-refractivity contribution in [1.82, 2.24) is 9.97 Å². The molecular weight excluding hydrogens is 336 g/mol. The standard InChI is InChI=1S/C22H32N4O/c1-13(2)18-9-8-17(10-15(18)5)23-21-11-19(16-6-7-16)24-22(26-21)25-20(12-27)14(3)4/h8-11,13-14,16,20,27H,6-7,12H2,1-5H3,(H2,23,24,25,26)/t20-/m1/s1. The number of hydrogen-bond donors (Lipinski definition) is 3. The molecule has 1 fully saturated rings. The van der Waals surface area contributed by atoms with Gasteiger partial charge < -0.3 is 15.7 Å². The van der Waals surface area contributed by atoms with Gasteiger partial charge in [-0.15, -0.1) is 0 Å². The van der Waals surface area contributed by atoms with Crippen molar-refractivity contribution in [3.8, 4) is 0 Å². The van der Waals surface area contributed by atoms with Gasteiger partial charge in [-0.2, -0.15) is 4.98 Å². The van der Waals surface area contributed by atoms with Gasteiger partial charge in [0, 0.05) is 17.7 Å². The van der Waals surface area contributed by atoms with Crippen molar-refractivity contribution in [2.24, 2.45) is 5.92 Å². The maximum Gasteiger partial charge on any atom is 0.225 e. The first-order valence-corrected chi connectivity index (χ1v) is 10.0. The van der Waals surface area contributed by atoms with Crippen LogP contribution in [0.1, 0.15) is 69.2 Å². The van der Waals surface area contributed by atoms with Crippen molar-refractivity contribution in [2.45, 2.75) is 65.3 Å². The van der Waals surface area contributed by atoms with Gasteiger partial charge in [0.15, 0.2) is 0 Å². The SMILES string of the molecule is Cc1cc(Nc2cc(C3CC3)nc(N[C@H](CO)C(C)C)n2)ccc1C(C)C. The first-order valence-electron chi connectivity index (χ1n) is 10.0. The molecule has 1 aromatic carbocycles. The third kappa shape index (κ3) is 4.98. The molecule has 1 heterocycles. The van der Waals surface area contributed by atoms with E-state index in [9.17, 15) is 5.11 Å². The van der Waals surface area contributed by atoms with Gasteiger partial charge in [-0.3, -0.25) is 0 Å². The first-order chi connectivity index (χ1) is 12.9. The van der Waals surface area contributed by atoms with Gasteiger partial charge in [-0.25, -0.2) is 4.98 Å². The van der Waals surface area contributed by atoms with Crippen molar-refractivity contribution in [2.75, 3.05) is 17.2 Å². The van der Waals surface area contributed by atoms with E-state index in [2.05, 4.69) is 79.5 Å². The fourth-order valence-electron chi connectivity index (χ4n) is 3.32. The Hall–Kier alpha value is -2.14. The van der Waals surface area contributed by atoms with Crippen molar-refractivity contribution in [3.05, 3.63) is 41.1 Å². The van der Waals surface area contributed by atoms with Gasteiger partial charge >= 0.3 is 0 Å². The van der Waals surface area contributed by atoms with Crippen LogP contribution in [0.4, 0.5) is 17.5 Å². The molecule has 0 bridgehead atoms.